The van der Waals surface area contributed by atoms with E-state index < -0.39 is 6.04 Å². The van der Waals surface area contributed by atoms with Crippen LogP contribution >= 0.6 is 0 Å². The van der Waals surface area contributed by atoms with Gasteiger partial charge in [-0.05, 0) is 30.0 Å². The minimum Gasteiger partial charge on any atom is -0.344 e. The normalized spacial score (nSPS) is 17.9. The minimum atomic E-state index is -0.540. The Balaban J connectivity index is 1.95. The summed E-state index contributed by atoms with van der Waals surface area (Å²) in [6.45, 7) is 5.87. The van der Waals surface area contributed by atoms with Crippen molar-refractivity contribution in [2.75, 3.05) is 11.4 Å². The van der Waals surface area contributed by atoms with Gasteiger partial charge in [-0.25, -0.2) is 0 Å². The summed E-state index contributed by atoms with van der Waals surface area (Å²) < 4.78 is 1.90. The summed E-state index contributed by atoms with van der Waals surface area (Å²) in [6, 6.07) is 9.38. The highest BCUT2D eigenvalue weighted by Crippen LogP contribution is 2.32. The summed E-state index contributed by atoms with van der Waals surface area (Å²) in [4.78, 5) is 26.6. The van der Waals surface area contributed by atoms with Crippen molar-refractivity contribution in [2.45, 2.75) is 39.3 Å². The third-order valence-electron chi connectivity index (χ3n) is 4.59. The second-order valence-corrected chi connectivity index (χ2v) is 6.84. The highest BCUT2D eigenvalue weighted by Gasteiger charge is 2.34. The van der Waals surface area contributed by atoms with Crippen LogP contribution in [0.25, 0.3) is 0 Å². The second kappa shape index (κ2) is 7.09. The van der Waals surface area contributed by atoms with Crippen LogP contribution in [0.5, 0.6) is 0 Å². The number of carbonyl (C=O) groups is 2. The lowest BCUT2D eigenvalue weighted by Gasteiger charge is -2.37. The van der Waals surface area contributed by atoms with Crippen LogP contribution in [-0.2, 0) is 16.0 Å². The van der Waals surface area contributed by atoms with E-state index in [9.17, 15) is 9.59 Å². The second-order valence-electron chi connectivity index (χ2n) is 6.84. The molecule has 1 N–H and O–H groups in total. The fourth-order valence-corrected chi connectivity index (χ4v) is 3.36. The van der Waals surface area contributed by atoms with Crippen molar-refractivity contribution in [3.05, 3.63) is 48.3 Å². The maximum Gasteiger partial charge on any atom is 0.249 e. The molecule has 25 heavy (non-hydrogen) atoms. The summed E-state index contributed by atoms with van der Waals surface area (Å²) >= 11 is 0. The average Bonchev–Trinajstić information content (AvgIpc) is 3.12. The zero-order chi connectivity index (χ0) is 18.0. The number of amides is 2. The number of anilines is 1. The zero-order valence-corrected chi connectivity index (χ0v) is 14.8. The molecule has 2 aromatic rings. The average molecular weight is 340 g/mol. The molecular formula is C19H24N4O2. The van der Waals surface area contributed by atoms with Crippen LogP contribution in [0.2, 0.25) is 0 Å². The Morgan fingerprint density at radius 2 is 2.00 bits per heavy atom. The lowest BCUT2D eigenvalue weighted by molar-refractivity contribution is -0.127. The molecule has 2 heterocycles. The van der Waals surface area contributed by atoms with E-state index in [1.807, 2.05) is 55.1 Å². The summed E-state index contributed by atoms with van der Waals surface area (Å²) in [5.41, 5.74) is 2.04. The summed E-state index contributed by atoms with van der Waals surface area (Å²) in [5.74, 6) is -0.260. The quantitative estimate of drug-likeness (QED) is 0.927. The SMILES string of the molecule is CC(=O)N[C@H](C(=O)N1C[C@@H](n2cccn2)Cc2ccccc21)C(C)C. The molecular weight excluding hydrogens is 316 g/mol. The lowest BCUT2D eigenvalue weighted by atomic mass is 9.95. The highest BCUT2D eigenvalue weighted by molar-refractivity contribution is 6.00. The molecule has 6 heteroatoms. The number of benzene rings is 1. The van der Waals surface area contributed by atoms with Gasteiger partial charge in [-0.3, -0.25) is 14.3 Å². The predicted octanol–water partition coefficient (Wildman–Crippen LogP) is 2.17. The van der Waals surface area contributed by atoms with Crippen molar-refractivity contribution in [1.29, 1.82) is 0 Å². The van der Waals surface area contributed by atoms with Gasteiger partial charge in [0.15, 0.2) is 0 Å². The van der Waals surface area contributed by atoms with Gasteiger partial charge in [0.1, 0.15) is 6.04 Å². The van der Waals surface area contributed by atoms with Gasteiger partial charge >= 0.3 is 0 Å². The number of hydrogen-bond acceptors (Lipinski definition) is 3. The Bertz CT molecular complexity index is 755. The van der Waals surface area contributed by atoms with Crippen LogP contribution in [0, 0.1) is 5.92 Å². The number of nitrogens with one attached hydrogen (secondary N) is 1. The molecule has 0 spiro atoms. The smallest absolute Gasteiger partial charge is 0.249 e. The van der Waals surface area contributed by atoms with Crippen molar-refractivity contribution in [1.82, 2.24) is 15.1 Å². The molecule has 3 rings (SSSR count). The van der Waals surface area contributed by atoms with E-state index in [4.69, 9.17) is 0 Å². The molecule has 2 atom stereocenters. The number of para-hydroxylation sites is 1. The molecule has 1 aliphatic heterocycles. The fraction of sp³-hybridized carbons (Fsp3) is 0.421. The van der Waals surface area contributed by atoms with E-state index in [1.54, 1.807) is 11.1 Å². The monoisotopic (exact) mass is 340 g/mol. The summed E-state index contributed by atoms with van der Waals surface area (Å²) in [5, 5.41) is 7.15. The maximum absolute atomic E-state index is 13.2. The van der Waals surface area contributed by atoms with E-state index in [0.29, 0.717) is 6.54 Å². The minimum absolute atomic E-state index is 0.00800. The van der Waals surface area contributed by atoms with Gasteiger partial charge in [0.25, 0.3) is 0 Å². The largest absolute Gasteiger partial charge is 0.344 e. The Morgan fingerprint density at radius 3 is 2.64 bits per heavy atom. The molecule has 1 aliphatic rings. The van der Waals surface area contributed by atoms with Gasteiger partial charge in [-0.2, -0.15) is 5.10 Å². The molecule has 0 saturated heterocycles. The number of nitrogens with zero attached hydrogens (tertiary/aromatic N) is 3. The van der Waals surface area contributed by atoms with Crippen molar-refractivity contribution in [2.24, 2.45) is 5.92 Å². The Hall–Kier alpha value is -2.63. The number of rotatable bonds is 4. The molecule has 1 aromatic carbocycles. The number of fused-ring (bicyclic) bond motifs is 1. The first-order valence-corrected chi connectivity index (χ1v) is 8.63. The Labute approximate surface area is 147 Å². The van der Waals surface area contributed by atoms with Gasteiger partial charge < -0.3 is 10.2 Å². The lowest BCUT2D eigenvalue weighted by Crippen LogP contribution is -2.53. The summed E-state index contributed by atoms with van der Waals surface area (Å²) in [7, 11) is 0. The van der Waals surface area contributed by atoms with Crippen LogP contribution in [-0.4, -0.2) is 34.2 Å². The molecule has 1 aromatic heterocycles. The van der Waals surface area contributed by atoms with Gasteiger partial charge in [-0.1, -0.05) is 32.0 Å². The molecule has 0 bridgehead atoms. The summed E-state index contributed by atoms with van der Waals surface area (Å²) in [6.07, 6.45) is 4.50. The van der Waals surface area contributed by atoms with Gasteiger partial charge in [0, 0.05) is 31.5 Å². The third kappa shape index (κ3) is 3.57. The molecule has 132 valence electrons. The number of aromatic nitrogens is 2. The number of carbonyl (C=O) groups excluding carboxylic acids is 2. The standard InChI is InChI=1S/C19H24N4O2/c1-13(2)18(21-14(3)24)19(25)22-12-16(23-10-6-9-20-23)11-15-7-4-5-8-17(15)22/h4-10,13,16,18H,11-12H2,1-3H3,(H,21,24)/t16-,18-/m0/s1. The van der Waals surface area contributed by atoms with Crippen LogP contribution in [0.4, 0.5) is 5.69 Å². The molecule has 2 amide bonds. The van der Waals surface area contributed by atoms with E-state index in [2.05, 4.69) is 10.4 Å². The fourth-order valence-electron chi connectivity index (χ4n) is 3.36. The van der Waals surface area contributed by atoms with Crippen molar-refractivity contribution < 1.29 is 9.59 Å². The molecule has 0 saturated carbocycles. The maximum atomic E-state index is 13.2. The molecule has 6 nitrogen and oxygen atoms in total. The zero-order valence-electron chi connectivity index (χ0n) is 14.8. The van der Waals surface area contributed by atoms with E-state index in [-0.39, 0.29) is 23.8 Å². The van der Waals surface area contributed by atoms with Crippen molar-refractivity contribution in [3.8, 4) is 0 Å². The van der Waals surface area contributed by atoms with Crippen LogP contribution in [0.1, 0.15) is 32.4 Å². The Kier molecular flexibility index (Phi) is 4.88. The predicted molar refractivity (Wildman–Crippen MR) is 96.2 cm³/mol. The van der Waals surface area contributed by atoms with Gasteiger partial charge in [0.05, 0.1) is 6.04 Å². The van der Waals surface area contributed by atoms with Crippen LogP contribution in [0.15, 0.2) is 42.7 Å². The van der Waals surface area contributed by atoms with E-state index in [0.717, 1.165) is 17.7 Å². The van der Waals surface area contributed by atoms with E-state index >= 15 is 0 Å². The topological polar surface area (TPSA) is 67.2 Å². The van der Waals surface area contributed by atoms with Crippen LogP contribution in [0.3, 0.4) is 0 Å². The first kappa shape index (κ1) is 17.2. The highest BCUT2D eigenvalue weighted by atomic mass is 16.2. The van der Waals surface area contributed by atoms with Gasteiger partial charge in [-0.15, -0.1) is 0 Å². The third-order valence-corrected chi connectivity index (χ3v) is 4.59. The Morgan fingerprint density at radius 1 is 1.24 bits per heavy atom. The van der Waals surface area contributed by atoms with Crippen molar-refractivity contribution in [3.63, 3.8) is 0 Å². The van der Waals surface area contributed by atoms with Crippen LogP contribution < -0.4 is 10.2 Å². The molecule has 0 unspecified atom stereocenters. The molecule has 0 fully saturated rings. The molecule has 0 aliphatic carbocycles. The van der Waals surface area contributed by atoms with Gasteiger partial charge in [0.2, 0.25) is 11.8 Å². The first-order chi connectivity index (χ1) is 12.0. The van der Waals surface area contributed by atoms with E-state index in [1.165, 1.54) is 6.92 Å². The first-order valence-electron chi connectivity index (χ1n) is 8.63. The number of hydrogen-bond donors (Lipinski definition) is 1. The van der Waals surface area contributed by atoms with Crippen molar-refractivity contribution >= 4 is 17.5 Å². The molecule has 0 radical (unpaired) electrons.